The van der Waals surface area contributed by atoms with Crippen molar-refractivity contribution in [3.63, 3.8) is 0 Å². The Morgan fingerprint density at radius 2 is 2.35 bits per heavy atom. The maximum absolute atomic E-state index is 11.0. The maximum Gasteiger partial charge on any atom is 0.325 e. The minimum Gasteiger partial charge on any atom is -0.493 e. The summed E-state index contributed by atoms with van der Waals surface area (Å²) < 4.78 is 10.0. The molecule has 0 fully saturated rings. The molecular formula is C13H17NO3. The molecule has 4 nitrogen and oxygen atoms in total. The first kappa shape index (κ1) is 13.1. The van der Waals surface area contributed by atoms with Gasteiger partial charge in [0.2, 0.25) is 0 Å². The van der Waals surface area contributed by atoms with E-state index in [-0.39, 0.29) is 12.5 Å². The van der Waals surface area contributed by atoms with Crippen molar-refractivity contribution in [1.82, 2.24) is 0 Å². The third-order valence-electron chi connectivity index (χ3n) is 2.09. The van der Waals surface area contributed by atoms with E-state index < -0.39 is 0 Å². The number of rotatable bonds is 7. The van der Waals surface area contributed by atoms with Crippen LogP contribution in [0, 0.1) is 0 Å². The molecule has 0 unspecified atom stereocenters. The molecule has 0 radical (unpaired) electrons. The fourth-order valence-electron chi connectivity index (χ4n) is 1.20. The normalized spacial score (nSPS) is 9.47. The second kappa shape index (κ2) is 7.33. The average molecular weight is 235 g/mol. The third kappa shape index (κ3) is 5.06. The molecule has 0 saturated heterocycles. The second-order valence-electron chi connectivity index (χ2n) is 3.38. The molecule has 0 saturated carbocycles. The Morgan fingerprint density at radius 3 is 3.06 bits per heavy atom. The van der Waals surface area contributed by atoms with Crippen LogP contribution in [-0.4, -0.2) is 26.2 Å². The summed E-state index contributed by atoms with van der Waals surface area (Å²) in [6.45, 7) is 4.37. The highest BCUT2D eigenvalue weighted by Gasteiger charge is 2.00. The highest BCUT2D eigenvalue weighted by Crippen LogP contribution is 2.17. The van der Waals surface area contributed by atoms with Gasteiger partial charge in [-0.2, -0.15) is 0 Å². The Labute approximate surface area is 101 Å². The zero-order valence-electron chi connectivity index (χ0n) is 9.94. The van der Waals surface area contributed by atoms with E-state index >= 15 is 0 Å². The molecule has 0 heterocycles. The van der Waals surface area contributed by atoms with Gasteiger partial charge in [-0.15, -0.1) is 6.58 Å². The lowest BCUT2D eigenvalue weighted by atomic mass is 10.3. The van der Waals surface area contributed by atoms with E-state index in [1.807, 2.05) is 24.3 Å². The molecule has 0 amide bonds. The summed E-state index contributed by atoms with van der Waals surface area (Å²) in [5.74, 6) is 0.463. The van der Waals surface area contributed by atoms with Gasteiger partial charge in [-0.1, -0.05) is 12.1 Å². The Morgan fingerprint density at radius 1 is 1.53 bits per heavy atom. The van der Waals surface area contributed by atoms with Crippen molar-refractivity contribution in [2.24, 2.45) is 0 Å². The minimum absolute atomic E-state index is 0.145. The molecule has 0 atom stereocenters. The maximum atomic E-state index is 11.0. The molecular weight excluding hydrogens is 218 g/mol. The fourth-order valence-corrected chi connectivity index (χ4v) is 1.20. The topological polar surface area (TPSA) is 47.6 Å². The van der Waals surface area contributed by atoms with Crippen LogP contribution >= 0.6 is 0 Å². The molecule has 0 aliphatic heterocycles. The molecule has 0 aliphatic carbocycles. The number of benzene rings is 1. The largest absolute Gasteiger partial charge is 0.493 e. The first-order chi connectivity index (χ1) is 8.26. The number of methoxy groups -OCH3 is 1. The predicted molar refractivity (Wildman–Crippen MR) is 67.3 cm³/mol. The SMILES string of the molecule is C=CCCOc1cccc(NCC(=O)OC)c1. The van der Waals surface area contributed by atoms with Gasteiger partial charge in [0.05, 0.1) is 13.7 Å². The Hall–Kier alpha value is -1.97. The summed E-state index contributed by atoms with van der Waals surface area (Å²) in [6.07, 6.45) is 2.61. The molecule has 92 valence electrons. The minimum atomic E-state index is -0.303. The predicted octanol–water partition coefficient (Wildman–Crippen LogP) is 2.23. The van der Waals surface area contributed by atoms with Gasteiger partial charge in [-0.05, 0) is 18.6 Å². The quantitative estimate of drug-likeness (QED) is 0.447. The molecule has 1 aromatic carbocycles. The number of hydrogen-bond donors (Lipinski definition) is 1. The summed E-state index contributed by atoms with van der Waals surface area (Å²) >= 11 is 0. The number of ether oxygens (including phenoxy) is 2. The van der Waals surface area contributed by atoms with Crippen LogP contribution in [0.5, 0.6) is 5.75 Å². The van der Waals surface area contributed by atoms with E-state index in [9.17, 15) is 4.79 Å². The van der Waals surface area contributed by atoms with Crippen molar-refractivity contribution >= 4 is 11.7 Å². The highest BCUT2D eigenvalue weighted by atomic mass is 16.5. The van der Waals surface area contributed by atoms with Crippen molar-refractivity contribution in [2.45, 2.75) is 6.42 Å². The summed E-state index contributed by atoms with van der Waals surface area (Å²) in [6, 6.07) is 7.44. The van der Waals surface area contributed by atoms with E-state index in [0.29, 0.717) is 6.61 Å². The molecule has 0 aromatic heterocycles. The zero-order valence-corrected chi connectivity index (χ0v) is 9.94. The van der Waals surface area contributed by atoms with E-state index in [0.717, 1.165) is 17.9 Å². The molecule has 1 rings (SSSR count). The van der Waals surface area contributed by atoms with Crippen LogP contribution in [0.1, 0.15) is 6.42 Å². The molecule has 17 heavy (non-hydrogen) atoms. The van der Waals surface area contributed by atoms with Gasteiger partial charge in [0.25, 0.3) is 0 Å². The van der Waals surface area contributed by atoms with Crippen LogP contribution < -0.4 is 10.1 Å². The van der Waals surface area contributed by atoms with Crippen molar-refractivity contribution in [2.75, 3.05) is 25.6 Å². The van der Waals surface area contributed by atoms with Crippen LogP contribution in [0.4, 0.5) is 5.69 Å². The van der Waals surface area contributed by atoms with Gasteiger partial charge in [-0.3, -0.25) is 4.79 Å². The molecule has 0 bridgehead atoms. The Balaban J connectivity index is 2.47. The molecule has 4 heteroatoms. The highest BCUT2D eigenvalue weighted by molar-refractivity contribution is 5.74. The number of carbonyl (C=O) groups excluding carboxylic acids is 1. The van der Waals surface area contributed by atoms with Crippen molar-refractivity contribution < 1.29 is 14.3 Å². The first-order valence-corrected chi connectivity index (χ1v) is 5.40. The Kier molecular flexibility index (Phi) is 5.64. The first-order valence-electron chi connectivity index (χ1n) is 5.40. The van der Waals surface area contributed by atoms with Crippen LogP contribution in [-0.2, 0) is 9.53 Å². The number of esters is 1. The summed E-state index contributed by atoms with van der Waals surface area (Å²) in [7, 11) is 1.36. The van der Waals surface area contributed by atoms with E-state index in [4.69, 9.17) is 4.74 Å². The van der Waals surface area contributed by atoms with E-state index in [1.165, 1.54) is 7.11 Å². The standard InChI is InChI=1S/C13H17NO3/c1-3-4-8-17-12-7-5-6-11(9-12)14-10-13(15)16-2/h3,5-7,9,14H,1,4,8,10H2,2H3. The van der Waals surface area contributed by atoms with Crippen LogP contribution in [0.2, 0.25) is 0 Å². The number of hydrogen-bond acceptors (Lipinski definition) is 4. The lowest BCUT2D eigenvalue weighted by Crippen LogP contribution is -2.14. The van der Waals surface area contributed by atoms with Crippen LogP contribution in [0.15, 0.2) is 36.9 Å². The molecule has 0 aliphatic rings. The summed E-state index contributed by atoms with van der Waals surface area (Å²) in [5.41, 5.74) is 0.825. The van der Waals surface area contributed by atoms with Gasteiger partial charge in [0.15, 0.2) is 0 Å². The third-order valence-corrected chi connectivity index (χ3v) is 2.09. The van der Waals surface area contributed by atoms with Gasteiger partial charge < -0.3 is 14.8 Å². The second-order valence-corrected chi connectivity index (χ2v) is 3.38. The molecule has 0 spiro atoms. The van der Waals surface area contributed by atoms with Crippen LogP contribution in [0.25, 0.3) is 0 Å². The number of nitrogens with one attached hydrogen (secondary N) is 1. The zero-order chi connectivity index (χ0) is 12.5. The van der Waals surface area contributed by atoms with Gasteiger partial charge in [-0.25, -0.2) is 0 Å². The lowest BCUT2D eigenvalue weighted by Gasteiger charge is -2.08. The van der Waals surface area contributed by atoms with Crippen molar-refractivity contribution in [3.8, 4) is 5.75 Å². The van der Waals surface area contributed by atoms with E-state index in [2.05, 4.69) is 16.6 Å². The van der Waals surface area contributed by atoms with Gasteiger partial charge in [0, 0.05) is 11.8 Å². The number of carbonyl (C=O) groups is 1. The average Bonchev–Trinajstić information content (AvgIpc) is 2.37. The summed E-state index contributed by atoms with van der Waals surface area (Å²) in [4.78, 5) is 11.0. The van der Waals surface area contributed by atoms with Gasteiger partial charge >= 0.3 is 5.97 Å². The van der Waals surface area contributed by atoms with Crippen molar-refractivity contribution in [1.29, 1.82) is 0 Å². The summed E-state index contributed by atoms with van der Waals surface area (Å²) in [5, 5.41) is 2.95. The lowest BCUT2D eigenvalue weighted by molar-refractivity contribution is -0.138. The van der Waals surface area contributed by atoms with Gasteiger partial charge in [0.1, 0.15) is 12.3 Å². The fraction of sp³-hybridized carbons (Fsp3) is 0.308. The number of anilines is 1. The van der Waals surface area contributed by atoms with Crippen LogP contribution in [0.3, 0.4) is 0 Å². The van der Waals surface area contributed by atoms with Crippen molar-refractivity contribution in [3.05, 3.63) is 36.9 Å². The van der Waals surface area contributed by atoms with E-state index in [1.54, 1.807) is 6.08 Å². The Bertz CT molecular complexity index is 377. The monoisotopic (exact) mass is 235 g/mol. The molecule has 1 N–H and O–H groups in total. The smallest absolute Gasteiger partial charge is 0.325 e. The molecule has 1 aromatic rings.